The zero-order chi connectivity index (χ0) is 20.9. The third kappa shape index (κ3) is 4.12. The Morgan fingerprint density at radius 1 is 0.933 bits per heavy atom. The smallest absolute Gasteiger partial charge is 0.271 e. The molecule has 0 aliphatic carbocycles. The van der Waals surface area contributed by atoms with Gasteiger partial charge in [-0.15, -0.1) is 0 Å². The summed E-state index contributed by atoms with van der Waals surface area (Å²) in [5.41, 5.74) is 7.70. The molecule has 0 atom stereocenters. The number of ether oxygens (including phenoxy) is 2. The summed E-state index contributed by atoms with van der Waals surface area (Å²) < 4.78 is 10.5. The van der Waals surface area contributed by atoms with Crippen molar-refractivity contribution in [3.8, 4) is 11.5 Å². The first-order valence-electron chi connectivity index (χ1n) is 9.65. The molecular weight excluding hydrogens is 378 g/mol. The Balaban J connectivity index is 1.37. The van der Waals surface area contributed by atoms with Gasteiger partial charge in [0.25, 0.3) is 5.91 Å². The van der Waals surface area contributed by atoms with Crippen molar-refractivity contribution in [1.29, 1.82) is 0 Å². The zero-order valence-electron chi connectivity index (χ0n) is 17.0. The Labute approximate surface area is 175 Å². The number of nitrogens with zero attached hydrogens (tertiary/aromatic N) is 2. The largest absolute Gasteiger partial charge is 0.493 e. The van der Waals surface area contributed by atoms with E-state index in [9.17, 15) is 4.79 Å². The van der Waals surface area contributed by atoms with Crippen LogP contribution in [-0.4, -0.2) is 26.3 Å². The maximum Gasteiger partial charge on any atom is 0.271 e. The first-order chi connectivity index (χ1) is 14.7. The lowest BCUT2D eigenvalue weighted by Gasteiger charge is -2.17. The average Bonchev–Trinajstić information content (AvgIpc) is 3.23. The van der Waals surface area contributed by atoms with Gasteiger partial charge in [0.05, 0.1) is 20.4 Å². The van der Waals surface area contributed by atoms with Gasteiger partial charge in [-0.1, -0.05) is 24.3 Å². The first kappa shape index (κ1) is 19.5. The van der Waals surface area contributed by atoms with Crippen molar-refractivity contribution in [2.24, 2.45) is 5.10 Å². The van der Waals surface area contributed by atoms with E-state index < -0.39 is 0 Å². The molecule has 3 aromatic rings. The topological polar surface area (TPSA) is 63.2 Å². The molecule has 0 saturated heterocycles. The van der Waals surface area contributed by atoms with Crippen molar-refractivity contribution in [3.63, 3.8) is 0 Å². The van der Waals surface area contributed by atoms with E-state index in [1.54, 1.807) is 32.6 Å². The van der Waals surface area contributed by atoms with Gasteiger partial charge in [0, 0.05) is 24.3 Å². The van der Waals surface area contributed by atoms with Gasteiger partial charge in [0.1, 0.15) is 0 Å². The number of carbonyl (C=O) groups excluding carboxylic acids is 1. The molecule has 0 fully saturated rings. The van der Waals surface area contributed by atoms with Gasteiger partial charge in [-0.25, -0.2) is 5.43 Å². The molecular formula is C24H23N3O3. The van der Waals surface area contributed by atoms with Crippen LogP contribution in [-0.2, 0) is 13.1 Å². The lowest BCUT2D eigenvalue weighted by atomic mass is 10.1. The Morgan fingerprint density at radius 3 is 2.23 bits per heavy atom. The second-order valence-electron chi connectivity index (χ2n) is 6.99. The standard InChI is InChI=1S/C24H23N3O3/c1-29-22-12-7-17(13-23(22)30-2)14-25-26-24(28)18-8-10-21(11-9-18)27-15-19-5-3-4-6-20(19)16-27/h3-14H,15-16H2,1-2H3,(H,26,28)/b25-14-. The summed E-state index contributed by atoms with van der Waals surface area (Å²) >= 11 is 0. The number of rotatable bonds is 6. The van der Waals surface area contributed by atoms with E-state index in [-0.39, 0.29) is 5.91 Å². The molecule has 1 heterocycles. The van der Waals surface area contributed by atoms with E-state index in [0.29, 0.717) is 17.1 Å². The second kappa shape index (κ2) is 8.69. The molecule has 0 bridgehead atoms. The van der Waals surface area contributed by atoms with Crippen LogP contribution in [0.5, 0.6) is 11.5 Å². The van der Waals surface area contributed by atoms with E-state index in [1.165, 1.54) is 11.1 Å². The maximum atomic E-state index is 12.4. The molecule has 1 aliphatic rings. The average molecular weight is 401 g/mol. The molecule has 6 nitrogen and oxygen atoms in total. The molecule has 1 amide bonds. The Morgan fingerprint density at radius 2 is 1.60 bits per heavy atom. The van der Waals surface area contributed by atoms with Crippen LogP contribution in [0, 0.1) is 0 Å². The molecule has 0 radical (unpaired) electrons. The highest BCUT2D eigenvalue weighted by Crippen LogP contribution is 2.28. The molecule has 0 unspecified atom stereocenters. The van der Waals surface area contributed by atoms with Crippen LogP contribution in [0.2, 0.25) is 0 Å². The molecule has 0 saturated carbocycles. The van der Waals surface area contributed by atoms with Crippen LogP contribution in [0.15, 0.2) is 71.8 Å². The van der Waals surface area contributed by atoms with E-state index >= 15 is 0 Å². The van der Waals surface area contributed by atoms with Gasteiger partial charge in [-0.05, 0) is 59.2 Å². The third-order valence-corrected chi connectivity index (χ3v) is 5.12. The quantitative estimate of drug-likeness (QED) is 0.501. The van der Waals surface area contributed by atoms with Gasteiger partial charge in [-0.2, -0.15) is 5.10 Å². The number of hydrogen-bond acceptors (Lipinski definition) is 5. The van der Waals surface area contributed by atoms with E-state index in [0.717, 1.165) is 24.3 Å². The van der Waals surface area contributed by atoms with Crippen molar-refractivity contribution in [2.75, 3.05) is 19.1 Å². The molecule has 4 rings (SSSR count). The van der Waals surface area contributed by atoms with Crippen LogP contribution in [0.4, 0.5) is 5.69 Å². The number of hydrazone groups is 1. The summed E-state index contributed by atoms with van der Waals surface area (Å²) in [6.07, 6.45) is 1.57. The van der Waals surface area contributed by atoms with Gasteiger partial charge in [0.15, 0.2) is 11.5 Å². The molecule has 152 valence electrons. The van der Waals surface area contributed by atoms with Crippen LogP contribution < -0.4 is 19.8 Å². The molecule has 3 aromatic carbocycles. The van der Waals surface area contributed by atoms with E-state index in [4.69, 9.17) is 9.47 Å². The highest BCUT2D eigenvalue weighted by Gasteiger charge is 2.18. The molecule has 0 aromatic heterocycles. The fourth-order valence-electron chi connectivity index (χ4n) is 3.50. The highest BCUT2D eigenvalue weighted by atomic mass is 16.5. The van der Waals surface area contributed by atoms with Crippen molar-refractivity contribution < 1.29 is 14.3 Å². The van der Waals surface area contributed by atoms with Gasteiger partial charge < -0.3 is 14.4 Å². The summed E-state index contributed by atoms with van der Waals surface area (Å²) in [4.78, 5) is 14.7. The number of hydrogen-bond donors (Lipinski definition) is 1. The number of anilines is 1. The van der Waals surface area contributed by atoms with Crippen LogP contribution in [0.3, 0.4) is 0 Å². The molecule has 6 heteroatoms. The lowest BCUT2D eigenvalue weighted by molar-refractivity contribution is 0.0955. The fraction of sp³-hybridized carbons (Fsp3) is 0.167. The number of methoxy groups -OCH3 is 2. The fourth-order valence-corrected chi connectivity index (χ4v) is 3.50. The minimum absolute atomic E-state index is 0.261. The normalized spacial score (nSPS) is 12.7. The molecule has 1 N–H and O–H groups in total. The SMILES string of the molecule is COc1ccc(/C=N\NC(=O)c2ccc(N3Cc4ccccc4C3)cc2)cc1OC. The summed E-state index contributed by atoms with van der Waals surface area (Å²) in [6.45, 7) is 1.77. The van der Waals surface area contributed by atoms with Gasteiger partial charge in [-0.3, -0.25) is 4.79 Å². The number of amides is 1. The predicted octanol–water partition coefficient (Wildman–Crippen LogP) is 3.99. The molecule has 1 aliphatic heterocycles. The van der Waals surface area contributed by atoms with Crippen molar-refractivity contribution in [2.45, 2.75) is 13.1 Å². The number of benzene rings is 3. The molecule has 0 spiro atoms. The summed E-state index contributed by atoms with van der Waals surface area (Å²) in [5, 5.41) is 4.04. The van der Waals surface area contributed by atoms with Crippen LogP contribution in [0.1, 0.15) is 27.0 Å². The predicted molar refractivity (Wildman–Crippen MR) is 117 cm³/mol. The van der Waals surface area contributed by atoms with Gasteiger partial charge in [0.2, 0.25) is 0 Å². The first-order valence-corrected chi connectivity index (χ1v) is 9.65. The Kier molecular flexibility index (Phi) is 5.66. The van der Waals surface area contributed by atoms with E-state index in [2.05, 4.69) is 39.7 Å². The minimum Gasteiger partial charge on any atom is -0.493 e. The highest BCUT2D eigenvalue weighted by molar-refractivity contribution is 5.95. The Hall–Kier alpha value is -3.80. The monoisotopic (exact) mass is 401 g/mol. The number of nitrogens with one attached hydrogen (secondary N) is 1. The maximum absolute atomic E-state index is 12.4. The van der Waals surface area contributed by atoms with Gasteiger partial charge >= 0.3 is 0 Å². The number of carbonyl (C=O) groups is 1. The molecule has 30 heavy (non-hydrogen) atoms. The van der Waals surface area contributed by atoms with Crippen LogP contribution >= 0.6 is 0 Å². The summed E-state index contributed by atoms with van der Waals surface area (Å²) in [6, 6.07) is 21.4. The van der Waals surface area contributed by atoms with Crippen molar-refractivity contribution in [3.05, 3.63) is 89.0 Å². The summed E-state index contributed by atoms with van der Waals surface area (Å²) in [7, 11) is 3.16. The van der Waals surface area contributed by atoms with Crippen molar-refractivity contribution >= 4 is 17.8 Å². The van der Waals surface area contributed by atoms with Crippen molar-refractivity contribution in [1.82, 2.24) is 5.43 Å². The second-order valence-corrected chi connectivity index (χ2v) is 6.99. The zero-order valence-corrected chi connectivity index (χ0v) is 17.0. The Bertz CT molecular complexity index is 1050. The van der Waals surface area contributed by atoms with Crippen LogP contribution in [0.25, 0.3) is 0 Å². The lowest BCUT2D eigenvalue weighted by Crippen LogP contribution is -2.18. The number of fused-ring (bicyclic) bond motifs is 1. The van der Waals surface area contributed by atoms with E-state index in [1.807, 2.05) is 30.3 Å². The minimum atomic E-state index is -0.261. The summed E-state index contributed by atoms with van der Waals surface area (Å²) in [5.74, 6) is 0.982. The third-order valence-electron chi connectivity index (χ3n) is 5.12.